The third kappa shape index (κ3) is 5.69. The fourth-order valence-corrected chi connectivity index (χ4v) is 3.38. The Labute approximate surface area is 182 Å². The highest BCUT2D eigenvalue weighted by Crippen LogP contribution is 2.34. The molecule has 0 radical (unpaired) electrons. The lowest BCUT2D eigenvalue weighted by molar-refractivity contribution is -0.125. The first-order chi connectivity index (χ1) is 14.9. The summed E-state index contributed by atoms with van der Waals surface area (Å²) in [5, 5.41) is 2.96. The average Bonchev–Trinajstić information content (AvgIpc) is 3.00. The Morgan fingerprint density at radius 3 is 2.52 bits per heavy atom. The molecule has 0 bridgehead atoms. The first-order valence-corrected chi connectivity index (χ1v) is 10.4. The van der Waals surface area contributed by atoms with E-state index in [-0.39, 0.29) is 24.5 Å². The topological polar surface area (TPSA) is 83.1 Å². The van der Waals surface area contributed by atoms with Gasteiger partial charge < -0.3 is 24.3 Å². The van der Waals surface area contributed by atoms with Crippen LogP contribution in [0.15, 0.2) is 36.4 Å². The number of esters is 1. The molecule has 3 rings (SSSR count). The summed E-state index contributed by atoms with van der Waals surface area (Å²) >= 11 is 0. The molecule has 0 fully saturated rings. The Balaban J connectivity index is 1.63. The Bertz CT molecular complexity index is 940. The van der Waals surface area contributed by atoms with Gasteiger partial charge in [0.1, 0.15) is 5.75 Å². The molecule has 166 valence electrons. The normalized spacial score (nSPS) is 13.8. The van der Waals surface area contributed by atoms with Crippen molar-refractivity contribution in [2.24, 2.45) is 5.92 Å². The highest BCUT2D eigenvalue weighted by molar-refractivity contribution is 5.91. The molecule has 1 atom stereocenters. The molecule has 1 N–H and O–H groups in total. The smallest absolute Gasteiger partial charge is 0.338 e. The summed E-state index contributed by atoms with van der Waals surface area (Å²) in [5.41, 5.74) is 2.15. The molecule has 1 amide bonds. The molecule has 7 heteroatoms. The molecule has 0 saturated heterocycles. The molecular formula is C24H29NO6. The van der Waals surface area contributed by atoms with Crippen molar-refractivity contribution in [1.82, 2.24) is 5.32 Å². The highest BCUT2D eigenvalue weighted by Gasteiger charge is 2.22. The number of ether oxygens (including phenoxy) is 4. The lowest BCUT2D eigenvalue weighted by Crippen LogP contribution is -2.35. The second kappa shape index (κ2) is 10.2. The molecule has 2 aromatic carbocycles. The molecule has 1 heterocycles. The largest absolute Gasteiger partial charge is 0.496 e. The van der Waals surface area contributed by atoms with Crippen LogP contribution in [0.3, 0.4) is 0 Å². The predicted octanol–water partition coefficient (Wildman–Crippen LogP) is 3.84. The second-order valence-electron chi connectivity index (χ2n) is 7.81. The summed E-state index contributed by atoms with van der Waals surface area (Å²) < 4.78 is 21.9. The van der Waals surface area contributed by atoms with Crippen LogP contribution in [0.25, 0.3) is 0 Å². The van der Waals surface area contributed by atoms with Crippen LogP contribution in [0.4, 0.5) is 0 Å². The second-order valence-corrected chi connectivity index (χ2v) is 7.81. The Hall–Kier alpha value is -3.22. The van der Waals surface area contributed by atoms with Gasteiger partial charge in [-0.3, -0.25) is 4.79 Å². The van der Waals surface area contributed by atoms with E-state index in [2.05, 4.69) is 5.32 Å². The Morgan fingerprint density at radius 1 is 1.06 bits per heavy atom. The zero-order chi connectivity index (χ0) is 22.4. The van der Waals surface area contributed by atoms with Gasteiger partial charge in [0.05, 0.1) is 31.9 Å². The van der Waals surface area contributed by atoms with Crippen molar-refractivity contribution in [3.05, 3.63) is 53.1 Å². The van der Waals surface area contributed by atoms with Gasteiger partial charge in [-0.05, 0) is 48.2 Å². The zero-order valence-corrected chi connectivity index (χ0v) is 18.4. The number of aryl methyl sites for hydroxylation is 1. The molecule has 0 aliphatic carbocycles. The first-order valence-electron chi connectivity index (χ1n) is 10.4. The number of fused-ring (bicyclic) bond motifs is 1. The lowest BCUT2D eigenvalue weighted by atomic mass is 9.95. The number of hydrogen-bond donors (Lipinski definition) is 1. The third-order valence-corrected chi connectivity index (χ3v) is 5.09. The molecule has 2 aromatic rings. The summed E-state index contributed by atoms with van der Waals surface area (Å²) in [5.74, 6) is 1.13. The molecule has 0 unspecified atom stereocenters. The summed E-state index contributed by atoms with van der Waals surface area (Å²) in [4.78, 5) is 24.8. The van der Waals surface area contributed by atoms with Crippen LogP contribution in [-0.4, -0.2) is 38.8 Å². The molecule has 0 aromatic heterocycles. The summed E-state index contributed by atoms with van der Waals surface area (Å²) in [6.45, 7) is 6.75. The van der Waals surface area contributed by atoms with E-state index in [0.717, 1.165) is 17.5 Å². The molecule has 0 saturated carbocycles. The maximum Gasteiger partial charge on any atom is 0.338 e. The van der Waals surface area contributed by atoms with Crippen LogP contribution in [0, 0.1) is 12.8 Å². The quantitative estimate of drug-likeness (QED) is 0.676. The van der Waals surface area contributed by atoms with Gasteiger partial charge in [0.15, 0.2) is 18.1 Å². The first kappa shape index (κ1) is 22.5. The van der Waals surface area contributed by atoms with Gasteiger partial charge in [0, 0.05) is 6.42 Å². The van der Waals surface area contributed by atoms with Crippen LogP contribution < -0.4 is 19.5 Å². The van der Waals surface area contributed by atoms with Crippen molar-refractivity contribution in [1.29, 1.82) is 0 Å². The van der Waals surface area contributed by atoms with E-state index in [1.54, 1.807) is 18.2 Å². The van der Waals surface area contributed by atoms with Gasteiger partial charge in [-0.25, -0.2) is 4.79 Å². The zero-order valence-electron chi connectivity index (χ0n) is 18.4. The molecule has 7 nitrogen and oxygen atoms in total. The van der Waals surface area contributed by atoms with Crippen molar-refractivity contribution in [2.45, 2.75) is 33.2 Å². The number of benzene rings is 2. The number of carbonyl (C=O) groups excluding carboxylic acids is 2. The monoisotopic (exact) mass is 427 g/mol. The predicted molar refractivity (Wildman–Crippen MR) is 116 cm³/mol. The minimum Gasteiger partial charge on any atom is -0.496 e. The van der Waals surface area contributed by atoms with Crippen LogP contribution in [0.5, 0.6) is 17.2 Å². The van der Waals surface area contributed by atoms with E-state index in [1.165, 1.54) is 7.11 Å². The van der Waals surface area contributed by atoms with E-state index in [0.29, 0.717) is 36.0 Å². The minimum absolute atomic E-state index is 0.116. The van der Waals surface area contributed by atoms with Crippen LogP contribution in [-0.2, 0) is 9.53 Å². The minimum atomic E-state index is -0.579. The molecule has 31 heavy (non-hydrogen) atoms. The van der Waals surface area contributed by atoms with Crippen LogP contribution >= 0.6 is 0 Å². The van der Waals surface area contributed by atoms with Gasteiger partial charge in [-0.15, -0.1) is 0 Å². The third-order valence-electron chi connectivity index (χ3n) is 5.09. The maximum absolute atomic E-state index is 12.5. The SMILES string of the molecule is COc1cc(C(=O)OCC(=O)N[C@@H](c2ccc3c(c2)OCCCO3)C(C)C)ccc1C. The highest BCUT2D eigenvalue weighted by atomic mass is 16.5. The number of methoxy groups -OCH3 is 1. The van der Waals surface area contributed by atoms with Gasteiger partial charge in [0.2, 0.25) is 0 Å². The summed E-state index contributed by atoms with van der Waals surface area (Å²) in [6.07, 6.45) is 0.826. The average molecular weight is 427 g/mol. The van der Waals surface area contributed by atoms with Gasteiger partial charge in [-0.1, -0.05) is 26.0 Å². The fourth-order valence-electron chi connectivity index (χ4n) is 3.38. The fraction of sp³-hybridized carbons (Fsp3) is 0.417. The number of amides is 1. The standard InChI is InChI=1S/C24H29NO6/c1-15(2)23(17-8-9-19-21(12-17)30-11-5-10-29-19)25-22(26)14-31-24(27)18-7-6-16(3)20(13-18)28-4/h6-9,12-13,15,23H,5,10-11,14H2,1-4H3,(H,25,26)/t23-/m1/s1. The van der Waals surface area contributed by atoms with E-state index >= 15 is 0 Å². The number of carbonyl (C=O) groups is 2. The van der Waals surface area contributed by atoms with Crippen molar-refractivity contribution >= 4 is 11.9 Å². The van der Waals surface area contributed by atoms with Gasteiger partial charge in [0.25, 0.3) is 5.91 Å². The van der Waals surface area contributed by atoms with E-state index in [1.807, 2.05) is 39.0 Å². The Morgan fingerprint density at radius 2 is 1.81 bits per heavy atom. The summed E-state index contributed by atoms with van der Waals surface area (Å²) in [7, 11) is 1.54. The van der Waals surface area contributed by atoms with Gasteiger partial charge >= 0.3 is 5.97 Å². The number of rotatable bonds is 7. The number of hydrogen-bond acceptors (Lipinski definition) is 6. The van der Waals surface area contributed by atoms with Crippen molar-refractivity contribution in [3.63, 3.8) is 0 Å². The maximum atomic E-state index is 12.5. The Kier molecular flexibility index (Phi) is 7.39. The van der Waals surface area contributed by atoms with E-state index in [9.17, 15) is 9.59 Å². The van der Waals surface area contributed by atoms with Crippen molar-refractivity contribution in [2.75, 3.05) is 26.9 Å². The summed E-state index contributed by atoms with van der Waals surface area (Å²) in [6, 6.07) is 10.4. The lowest BCUT2D eigenvalue weighted by Gasteiger charge is -2.24. The van der Waals surface area contributed by atoms with E-state index in [4.69, 9.17) is 18.9 Å². The van der Waals surface area contributed by atoms with E-state index < -0.39 is 5.97 Å². The van der Waals surface area contributed by atoms with Crippen LogP contribution in [0.1, 0.15) is 47.8 Å². The van der Waals surface area contributed by atoms with Crippen molar-refractivity contribution < 1.29 is 28.5 Å². The molecule has 1 aliphatic rings. The van der Waals surface area contributed by atoms with Crippen LogP contribution in [0.2, 0.25) is 0 Å². The van der Waals surface area contributed by atoms with Crippen molar-refractivity contribution in [3.8, 4) is 17.2 Å². The number of nitrogens with one attached hydrogen (secondary N) is 1. The van der Waals surface area contributed by atoms with Gasteiger partial charge in [-0.2, -0.15) is 0 Å². The molecule has 0 spiro atoms. The molecular weight excluding hydrogens is 398 g/mol. The molecule has 1 aliphatic heterocycles.